The molecule has 0 aliphatic carbocycles. The minimum Gasteiger partial charge on any atom is -0.393 e. The van der Waals surface area contributed by atoms with E-state index in [-0.39, 0.29) is 6.10 Å². The first kappa shape index (κ1) is 7.96. The largest absolute Gasteiger partial charge is 0.393 e. The van der Waals surface area contributed by atoms with Gasteiger partial charge in [-0.25, -0.2) is 0 Å². The third-order valence-corrected chi connectivity index (χ3v) is 1.51. The average molecular weight is 115 g/mol. The van der Waals surface area contributed by atoms with Gasteiger partial charge in [0.25, 0.3) is 0 Å². The van der Waals surface area contributed by atoms with Crippen molar-refractivity contribution in [1.29, 1.82) is 0 Å². The van der Waals surface area contributed by atoms with E-state index in [2.05, 4.69) is 6.92 Å². The summed E-state index contributed by atoms with van der Waals surface area (Å²) in [6, 6.07) is 0. The second-order valence-corrected chi connectivity index (χ2v) is 2.12. The second-order valence-electron chi connectivity index (χ2n) is 2.12. The first-order valence-electron chi connectivity index (χ1n) is 3.22. The van der Waals surface area contributed by atoms with E-state index in [1.165, 1.54) is 5.92 Å². The molecule has 0 aromatic carbocycles. The highest BCUT2D eigenvalue weighted by atomic mass is 16.3. The van der Waals surface area contributed by atoms with Crippen LogP contribution in [0.3, 0.4) is 0 Å². The van der Waals surface area contributed by atoms with Crippen molar-refractivity contribution in [1.82, 2.24) is 0 Å². The fraction of sp³-hybridized carbons (Fsp3) is 0.857. The maximum atomic E-state index is 9.09. The molecule has 8 heavy (non-hydrogen) atoms. The molecule has 1 radical (unpaired) electrons. The molecule has 0 aromatic rings. The van der Waals surface area contributed by atoms with Crippen LogP contribution in [0.4, 0.5) is 0 Å². The predicted octanol–water partition coefficient (Wildman–Crippen LogP) is 1.76. The van der Waals surface area contributed by atoms with Gasteiger partial charge in [0.2, 0.25) is 0 Å². The Balaban J connectivity index is 3.29. The van der Waals surface area contributed by atoms with Crippen molar-refractivity contribution in [3.63, 3.8) is 0 Å². The predicted molar refractivity (Wildman–Crippen MR) is 35.5 cm³/mol. The van der Waals surface area contributed by atoms with Crippen molar-refractivity contribution in [2.75, 3.05) is 0 Å². The Morgan fingerprint density at radius 1 is 1.50 bits per heavy atom. The van der Waals surface area contributed by atoms with Gasteiger partial charge in [0.1, 0.15) is 0 Å². The fourth-order valence-corrected chi connectivity index (χ4v) is 0.584. The zero-order chi connectivity index (χ0) is 6.57. The van der Waals surface area contributed by atoms with E-state index < -0.39 is 0 Å². The van der Waals surface area contributed by atoms with Crippen molar-refractivity contribution in [3.8, 4) is 0 Å². The molecule has 0 bridgehead atoms. The summed E-state index contributed by atoms with van der Waals surface area (Å²) in [5.74, 6) is 1.19. The quantitative estimate of drug-likeness (QED) is 0.594. The Hall–Kier alpha value is -0.0400. The molecule has 0 aromatic heterocycles. The number of hydrogen-bond acceptors (Lipinski definition) is 1. The molecule has 1 atom stereocenters. The maximum absolute atomic E-state index is 9.09. The van der Waals surface area contributed by atoms with Crippen LogP contribution in [0.1, 0.15) is 33.6 Å². The van der Waals surface area contributed by atoms with E-state index in [1.54, 1.807) is 0 Å². The average Bonchev–Trinajstić information content (AvgIpc) is 1.84. The van der Waals surface area contributed by atoms with Gasteiger partial charge in [-0.05, 0) is 12.8 Å². The summed E-state index contributed by atoms with van der Waals surface area (Å²) in [6.07, 6.45) is 1.68. The topological polar surface area (TPSA) is 20.2 Å². The van der Waals surface area contributed by atoms with Crippen LogP contribution in [0.25, 0.3) is 0 Å². The number of rotatable bonds is 3. The first-order chi connectivity index (χ1) is 3.72. The van der Waals surface area contributed by atoms with Crippen LogP contribution in [-0.2, 0) is 0 Å². The van der Waals surface area contributed by atoms with Gasteiger partial charge in [0.15, 0.2) is 0 Å². The smallest absolute Gasteiger partial charge is 0.0597 e. The molecule has 1 nitrogen and oxygen atoms in total. The number of hydrogen-bond donors (Lipinski definition) is 1. The van der Waals surface area contributed by atoms with Crippen molar-refractivity contribution >= 4 is 0 Å². The Morgan fingerprint density at radius 2 is 2.00 bits per heavy atom. The molecule has 0 amide bonds. The molecule has 1 unspecified atom stereocenters. The summed E-state index contributed by atoms with van der Waals surface area (Å²) in [5.41, 5.74) is 0. The van der Waals surface area contributed by atoms with Gasteiger partial charge in [-0.2, -0.15) is 0 Å². The van der Waals surface area contributed by atoms with E-state index >= 15 is 0 Å². The van der Waals surface area contributed by atoms with Crippen LogP contribution in [0.2, 0.25) is 0 Å². The summed E-state index contributed by atoms with van der Waals surface area (Å²) >= 11 is 0. The third-order valence-electron chi connectivity index (χ3n) is 1.51. The lowest BCUT2D eigenvalue weighted by molar-refractivity contribution is 0.179. The molecular weight excluding hydrogens is 100 g/mol. The van der Waals surface area contributed by atoms with Crippen molar-refractivity contribution in [3.05, 3.63) is 5.92 Å². The van der Waals surface area contributed by atoms with Crippen LogP contribution in [0.15, 0.2) is 0 Å². The minimum absolute atomic E-state index is 0.167. The lowest BCUT2D eigenvalue weighted by Crippen LogP contribution is -2.12. The Bertz CT molecular complexity index is 44.3. The lowest BCUT2D eigenvalue weighted by Gasteiger charge is -2.12. The first-order valence-corrected chi connectivity index (χ1v) is 3.22. The molecule has 0 rings (SSSR count). The zero-order valence-electron chi connectivity index (χ0n) is 5.94. The Labute approximate surface area is 51.7 Å². The highest BCUT2D eigenvalue weighted by Crippen LogP contribution is 2.11. The second kappa shape index (κ2) is 3.90. The molecule has 0 aliphatic rings. The van der Waals surface area contributed by atoms with Gasteiger partial charge in [-0.15, -0.1) is 0 Å². The number of aliphatic hydroxyl groups is 1. The standard InChI is InChI=1S/C7H15O/c1-4-6(3)7(8)5-2/h7-8H,4-5H2,1-3H3. The molecule has 1 N–H and O–H groups in total. The third kappa shape index (κ3) is 2.31. The molecule has 0 saturated carbocycles. The van der Waals surface area contributed by atoms with E-state index in [9.17, 15) is 0 Å². The molecule has 0 saturated heterocycles. The molecule has 1 heteroatoms. The van der Waals surface area contributed by atoms with E-state index in [1.807, 2.05) is 13.8 Å². The van der Waals surface area contributed by atoms with E-state index in [0.717, 1.165) is 12.8 Å². The molecule has 0 fully saturated rings. The number of aliphatic hydroxyl groups excluding tert-OH is 1. The van der Waals surface area contributed by atoms with Gasteiger partial charge in [-0.3, -0.25) is 0 Å². The van der Waals surface area contributed by atoms with Crippen molar-refractivity contribution < 1.29 is 5.11 Å². The molecule has 49 valence electrons. The van der Waals surface area contributed by atoms with Crippen LogP contribution in [0, 0.1) is 5.92 Å². The zero-order valence-corrected chi connectivity index (χ0v) is 5.94. The van der Waals surface area contributed by atoms with Crippen LogP contribution >= 0.6 is 0 Å². The monoisotopic (exact) mass is 115 g/mol. The van der Waals surface area contributed by atoms with Crippen LogP contribution in [-0.4, -0.2) is 11.2 Å². The van der Waals surface area contributed by atoms with Gasteiger partial charge >= 0.3 is 0 Å². The van der Waals surface area contributed by atoms with Crippen LogP contribution < -0.4 is 0 Å². The van der Waals surface area contributed by atoms with Gasteiger partial charge in [0, 0.05) is 5.92 Å². The Kier molecular flexibility index (Phi) is 3.88. The van der Waals surface area contributed by atoms with Crippen molar-refractivity contribution in [2.24, 2.45) is 0 Å². The van der Waals surface area contributed by atoms with E-state index in [0.29, 0.717) is 0 Å². The molecular formula is C7H15O. The van der Waals surface area contributed by atoms with Gasteiger partial charge < -0.3 is 5.11 Å². The Morgan fingerprint density at radius 3 is 2.12 bits per heavy atom. The van der Waals surface area contributed by atoms with Crippen molar-refractivity contribution in [2.45, 2.75) is 39.7 Å². The minimum atomic E-state index is -0.167. The summed E-state index contributed by atoms with van der Waals surface area (Å²) in [5, 5.41) is 9.09. The van der Waals surface area contributed by atoms with Gasteiger partial charge in [-0.1, -0.05) is 20.8 Å². The summed E-state index contributed by atoms with van der Waals surface area (Å²) in [4.78, 5) is 0. The lowest BCUT2D eigenvalue weighted by atomic mass is 10.0. The molecule has 0 heterocycles. The molecule has 0 spiro atoms. The van der Waals surface area contributed by atoms with E-state index in [4.69, 9.17) is 5.11 Å². The highest BCUT2D eigenvalue weighted by molar-refractivity contribution is 4.89. The fourth-order valence-electron chi connectivity index (χ4n) is 0.584. The van der Waals surface area contributed by atoms with Crippen LogP contribution in [0.5, 0.6) is 0 Å². The summed E-state index contributed by atoms with van der Waals surface area (Å²) < 4.78 is 0. The normalized spacial score (nSPS) is 14.6. The van der Waals surface area contributed by atoms with Gasteiger partial charge in [0.05, 0.1) is 6.10 Å². The highest BCUT2D eigenvalue weighted by Gasteiger charge is 2.08. The SMILES string of the molecule is CC[C](C)C(O)CC. The molecule has 0 aliphatic heterocycles. The summed E-state index contributed by atoms with van der Waals surface area (Å²) in [7, 11) is 0. The maximum Gasteiger partial charge on any atom is 0.0597 e. The summed E-state index contributed by atoms with van der Waals surface area (Å²) in [6.45, 7) is 6.05.